The summed E-state index contributed by atoms with van der Waals surface area (Å²) in [6.45, 7) is 4.16. The molecule has 1 fully saturated rings. The Kier molecular flexibility index (Phi) is 5.79. The van der Waals surface area contributed by atoms with Crippen LogP contribution in [0.3, 0.4) is 0 Å². The number of hydrogen-bond donors (Lipinski definition) is 2. The largest absolute Gasteiger partial charge is 0.381 e. The van der Waals surface area contributed by atoms with Gasteiger partial charge in [0.25, 0.3) is 5.91 Å². The molecule has 0 aliphatic carbocycles. The fraction of sp³-hybridized carbons (Fsp3) is 0.400. The number of benzene rings is 1. The zero-order valence-corrected chi connectivity index (χ0v) is 14.6. The van der Waals surface area contributed by atoms with Gasteiger partial charge in [-0.05, 0) is 37.5 Å². The number of rotatable bonds is 6. The van der Waals surface area contributed by atoms with Gasteiger partial charge in [-0.2, -0.15) is 0 Å². The molecule has 2 aromatic rings. The van der Waals surface area contributed by atoms with Crippen LogP contribution < -0.4 is 10.6 Å². The first-order valence-electron chi connectivity index (χ1n) is 8.77. The van der Waals surface area contributed by atoms with E-state index in [4.69, 9.17) is 4.74 Å². The van der Waals surface area contributed by atoms with E-state index in [9.17, 15) is 4.79 Å². The highest BCUT2D eigenvalue weighted by Gasteiger charge is 2.34. The van der Waals surface area contributed by atoms with Gasteiger partial charge in [-0.25, -0.2) is 0 Å². The number of hydrogen-bond acceptors (Lipinski definition) is 4. The average Bonchev–Trinajstić information content (AvgIpc) is 2.68. The molecule has 25 heavy (non-hydrogen) atoms. The highest BCUT2D eigenvalue weighted by Crippen LogP contribution is 2.25. The molecule has 0 spiro atoms. The normalized spacial score (nSPS) is 17.6. The van der Waals surface area contributed by atoms with Crippen molar-refractivity contribution in [3.05, 3.63) is 66.0 Å². The van der Waals surface area contributed by atoms with Gasteiger partial charge in [-0.15, -0.1) is 0 Å². The van der Waals surface area contributed by atoms with Crippen molar-refractivity contribution in [3.63, 3.8) is 0 Å². The van der Waals surface area contributed by atoms with Gasteiger partial charge in [0.05, 0.1) is 0 Å². The van der Waals surface area contributed by atoms with Crippen LogP contribution in [0.5, 0.6) is 0 Å². The van der Waals surface area contributed by atoms with Crippen LogP contribution in [-0.4, -0.2) is 36.2 Å². The Bertz CT molecular complexity index is 670. The van der Waals surface area contributed by atoms with Gasteiger partial charge in [0, 0.05) is 49.3 Å². The molecule has 1 aromatic heterocycles. The smallest absolute Gasteiger partial charge is 0.251 e. The first-order chi connectivity index (χ1) is 12.2. The molecule has 5 heteroatoms. The summed E-state index contributed by atoms with van der Waals surface area (Å²) < 4.78 is 5.54. The lowest BCUT2D eigenvalue weighted by atomic mass is 9.88. The topological polar surface area (TPSA) is 63.2 Å². The van der Waals surface area contributed by atoms with Gasteiger partial charge < -0.3 is 15.4 Å². The number of ether oxygens (including phenoxy) is 1. The molecule has 0 bridgehead atoms. The lowest BCUT2D eigenvalue weighted by Gasteiger charge is -2.40. The van der Waals surface area contributed by atoms with E-state index in [-0.39, 0.29) is 17.5 Å². The minimum atomic E-state index is -0.157. The zero-order valence-electron chi connectivity index (χ0n) is 14.6. The summed E-state index contributed by atoms with van der Waals surface area (Å²) in [5.41, 5.74) is 1.72. The van der Waals surface area contributed by atoms with Crippen LogP contribution >= 0.6 is 0 Å². The van der Waals surface area contributed by atoms with Crippen LogP contribution in [-0.2, 0) is 4.74 Å². The number of carbonyl (C=O) groups excluding carboxylic acids is 1. The predicted octanol–water partition coefficient (Wildman–Crippen LogP) is 2.71. The number of amides is 1. The number of aromatic nitrogens is 1. The fourth-order valence-electron chi connectivity index (χ4n) is 3.27. The number of nitrogens with one attached hydrogen (secondary N) is 2. The standard InChI is InChI=1S/C20H25N3O2/c1-16(17-5-3-2-4-6-17)23-20(9-13-25-14-10-20)15-22-19(24)18-7-11-21-12-8-18/h2-8,11-12,16,23H,9-10,13-15H2,1H3,(H,22,24). The van der Waals surface area contributed by atoms with E-state index in [2.05, 4.69) is 46.8 Å². The van der Waals surface area contributed by atoms with Crippen molar-refractivity contribution >= 4 is 5.91 Å². The first-order valence-corrected chi connectivity index (χ1v) is 8.77. The second-order valence-electron chi connectivity index (χ2n) is 6.59. The second-order valence-corrected chi connectivity index (χ2v) is 6.59. The van der Waals surface area contributed by atoms with E-state index in [1.165, 1.54) is 5.56 Å². The molecule has 0 saturated carbocycles. The van der Waals surface area contributed by atoms with Crippen LogP contribution in [0.2, 0.25) is 0 Å². The maximum atomic E-state index is 12.4. The van der Waals surface area contributed by atoms with E-state index in [0.717, 1.165) is 12.8 Å². The third kappa shape index (κ3) is 4.65. The Balaban J connectivity index is 1.67. The molecule has 2 heterocycles. The Hall–Kier alpha value is -2.24. The molecule has 1 aliphatic rings. The van der Waals surface area contributed by atoms with E-state index >= 15 is 0 Å². The molecule has 1 unspecified atom stereocenters. The van der Waals surface area contributed by atoms with E-state index in [1.807, 2.05) is 6.07 Å². The highest BCUT2D eigenvalue weighted by atomic mass is 16.5. The summed E-state index contributed by atoms with van der Waals surface area (Å²) in [4.78, 5) is 16.3. The van der Waals surface area contributed by atoms with Crippen molar-refractivity contribution in [3.8, 4) is 0 Å². The third-order valence-corrected chi connectivity index (χ3v) is 4.80. The minimum Gasteiger partial charge on any atom is -0.381 e. The van der Waals surface area contributed by atoms with E-state index in [0.29, 0.717) is 25.3 Å². The zero-order chi connectivity index (χ0) is 17.5. The first kappa shape index (κ1) is 17.6. The summed E-state index contributed by atoms with van der Waals surface area (Å²) >= 11 is 0. The molecule has 132 valence electrons. The summed E-state index contributed by atoms with van der Waals surface area (Å²) in [6.07, 6.45) is 5.02. The summed E-state index contributed by atoms with van der Waals surface area (Å²) in [5.74, 6) is -0.0672. The number of nitrogens with zero attached hydrogens (tertiary/aromatic N) is 1. The van der Waals surface area contributed by atoms with Crippen molar-refractivity contribution in [2.24, 2.45) is 0 Å². The SMILES string of the molecule is CC(NC1(CNC(=O)c2ccncc2)CCOCC1)c1ccccc1. The van der Waals surface area contributed by atoms with Gasteiger partial charge >= 0.3 is 0 Å². The lowest BCUT2D eigenvalue weighted by molar-refractivity contribution is 0.0332. The highest BCUT2D eigenvalue weighted by molar-refractivity contribution is 5.94. The third-order valence-electron chi connectivity index (χ3n) is 4.80. The predicted molar refractivity (Wildman–Crippen MR) is 97.3 cm³/mol. The van der Waals surface area contributed by atoms with Crippen LogP contribution in [0, 0.1) is 0 Å². The molecule has 1 aromatic carbocycles. The molecule has 1 atom stereocenters. The van der Waals surface area contributed by atoms with Crippen molar-refractivity contribution in [2.45, 2.75) is 31.3 Å². The van der Waals surface area contributed by atoms with Crippen LogP contribution in [0.1, 0.15) is 41.7 Å². The summed E-state index contributed by atoms with van der Waals surface area (Å²) in [5, 5.41) is 6.83. The van der Waals surface area contributed by atoms with Crippen molar-refractivity contribution in [1.29, 1.82) is 0 Å². The number of pyridine rings is 1. The molecule has 1 aliphatic heterocycles. The second kappa shape index (κ2) is 8.23. The Morgan fingerprint density at radius 2 is 1.84 bits per heavy atom. The van der Waals surface area contributed by atoms with Gasteiger partial charge in [0.1, 0.15) is 0 Å². The molecule has 1 saturated heterocycles. The summed E-state index contributed by atoms with van der Waals surface area (Å²) in [7, 11) is 0. The minimum absolute atomic E-state index is 0.0672. The average molecular weight is 339 g/mol. The van der Waals surface area contributed by atoms with Crippen molar-refractivity contribution < 1.29 is 9.53 Å². The Morgan fingerprint density at radius 3 is 2.52 bits per heavy atom. The lowest BCUT2D eigenvalue weighted by Crippen LogP contribution is -2.57. The maximum Gasteiger partial charge on any atom is 0.251 e. The molecule has 3 rings (SSSR count). The quantitative estimate of drug-likeness (QED) is 0.849. The maximum absolute atomic E-state index is 12.4. The van der Waals surface area contributed by atoms with Crippen LogP contribution in [0.25, 0.3) is 0 Å². The van der Waals surface area contributed by atoms with Crippen molar-refractivity contribution in [2.75, 3.05) is 19.8 Å². The monoisotopic (exact) mass is 339 g/mol. The van der Waals surface area contributed by atoms with E-state index < -0.39 is 0 Å². The molecular weight excluding hydrogens is 314 g/mol. The number of carbonyl (C=O) groups is 1. The Labute approximate surface area is 148 Å². The molecule has 0 radical (unpaired) electrons. The Morgan fingerprint density at radius 1 is 1.16 bits per heavy atom. The fourth-order valence-corrected chi connectivity index (χ4v) is 3.27. The van der Waals surface area contributed by atoms with Gasteiger partial charge in [-0.1, -0.05) is 30.3 Å². The molecule has 1 amide bonds. The molecule has 5 nitrogen and oxygen atoms in total. The van der Waals surface area contributed by atoms with Gasteiger partial charge in [-0.3, -0.25) is 9.78 Å². The molecule has 2 N–H and O–H groups in total. The van der Waals surface area contributed by atoms with Gasteiger partial charge in [0.2, 0.25) is 0 Å². The van der Waals surface area contributed by atoms with Gasteiger partial charge in [0.15, 0.2) is 0 Å². The summed E-state index contributed by atoms with van der Waals surface area (Å²) in [6, 6.07) is 14.0. The molecular formula is C20H25N3O2. The van der Waals surface area contributed by atoms with Crippen LogP contribution in [0.15, 0.2) is 54.9 Å². The van der Waals surface area contributed by atoms with E-state index in [1.54, 1.807) is 24.5 Å². The van der Waals surface area contributed by atoms with Crippen LogP contribution in [0.4, 0.5) is 0 Å². The van der Waals surface area contributed by atoms with Crippen molar-refractivity contribution in [1.82, 2.24) is 15.6 Å².